The lowest BCUT2D eigenvalue weighted by Gasteiger charge is -2.11. The summed E-state index contributed by atoms with van der Waals surface area (Å²) in [7, 11) is 0. The van der Waals surface area contributed by atoms with Crippen molar-refractivity contribution in [3.8, 4) is 5.75 Å². The van der Waals surface area contributed by atoms with E-state index in [0.717, 1.165) is 11.1 Å². The van der Waals surface area contributed by atoms with Gasteiger partial charge in [0, 0.05) is 5.56 Å². The van der Waals surface area contributed by atoms with Gasteiger partial charge in [-0.15, -0.1) is 0 Å². The SMILES string of the molecule is Cc1ccc(C(=O)NNC(=O)COc2ccc(C(C)C)cc2)c(C)c1. The number of carbonyl (C=O) groups is 2. The van der Waals surface area contributed by atoms with Gasteiger partial charge in [0.05, 0.1) is 0 Å². The fraction of sp³-hybridized carbons (Fsp3) is 0.300. The highest BCUT2D eigenvalue weighted by atomic mass is 16.5. The Bertz CT molecular complexity index is 752. The van der Waals surface area contributed by atoms with Gasteiger partial charge in [0.1, 0.15) is 5.75 Å². The number of rotatable bonds is 5. The second-order valence-corrected chi connectivity index (χ2v) is 6.33. The van der Waals surface area contributed by atoms with Gasteiger partial charge in [0.2, 0.25) is 0 Å². The summed E-state index contributed by atoms with van der Waals surface area (Å²) in [6, 6.07) is 13.1. The van der Waals surface area contributed by atoms with E-state index in [4.69, 9.17) is 4.74 Å². The van der Waals surface area contributed by atoms with Crippen LogP contribution in [-0.2, 0) is 4.79 Å². The van der Waals surface area contributed by atoms with Crippen molar-refractivity contribution in [1.29, 1.82) is 0 Å². The number of amides is 2. The van der Waals surface area contributed by atoms with E-state index in [1.165, 1.54) is 5.56 Å². The molecule has 0 radical (unpaired) electrons. The molecule has 132 valence electrons. The Balaban J connectivity index is 1.81. The maximum absolute atomic E-state index is 12.1. The summed E-state index contributed by atoms with van der Waals surface area (Å²) in [6.45, 7) is 7.87. The van der Waals surface area contributed by atoms with E-state index >= 15 is 0 Å². The molecule has 0 aliphatic carbocycles. The Hall–Kier alpha value is -2.82. The van der Waals surface area contributed by atoms with Gasteiger partial charge < -0.3 is 4.74 Å². The lowest BCUT2D eigenvalue weighted by Crippen LogP contribution is -2.44. The third kappa shape index (κ3) is 5.35. The molecule has 2 N–H and O–H groups in total. The molecular weight excluding hydrogens is 316 g/mol. The lowest BCUT2D eigenvalue weighted by molar-refractivity contribution is -0.123. The number of aryl methyl sites for hydroxylation is 2. The molecule has 2 amide bonds. The normalized spacial score (nSPS) is 10.4. The van der Waals surface area contributed by atoms with Crippen molar-refractivity contribution < 1.29 is 14.3 Å². The Labute approximate surface area is 148 Å². The largest absolute Gasteiger partial charge is 0.484 e. The monoisotopic (exact) mass is 340 g/mol. The second-order valence-electron chi connectivity index (χ2n) is 6.33. The Morgan fingerprint density at radius 3 is 2.28 bits per heavy atom. The maximum Gasteiger partial charge on any atom is 0.276 e. The first kappa shape index (κ1) is 18.5. The molecule has 0 aromatic heterocycles. The van der Waals surface area contributed by atoms with E-state index in [2.05, 4.69) is 24.7 Å². The molecule has 5 nitrogen and oxygen atoms in total. The van der Waals surface area contributed by atoms with Gasteiger partial charge >= 0.3 is 0 Å². The van der Waals surface area contributed by atoms with E-state index in [0.29, 0.717) is 17.2 Å². The molecule has 5 heteroatoms. The van der Waals surface area contributed by atoms with Gasteiger partial charge in [-0.3, -0.25) is 20.4 Å². The van der Waals surface area contributed by atoms with Crippen LogP contribution in [0.5, 0.6) is 5.75 Å². The molecule has 0 saturated heterocycles. The van der Waals surface area contributed by atoms with Crippen molar-refractivity contribution in [2.75, 3.05) is 6.61 Å². The fourth-order valence-electron chi connectivity index (χ4n) is 2.40. The van der Waals surface area contributed by atoms with Gasteiger partial charge in [0.15, 0.2) is 6.61 Å². The van der Waals surface area contributed by atoms with Gasteiger partial charge in [-0.05, 0) is 49.1 Å². The summed E-state index contributed by atoms with van der Waals surface area (Å²) in [5.41, 5.74) is 8.42. The van der Waals surface area contributed by atoms with Crippen LogP contribution < -0.4 is 15.6 Å². The topological polar surface area (TPSA) is 67.4 Å². The van der Waals surface area contributed by atoms with Crippen LogP contribution in [-0.4, -0.2) is 18.4 Å². The maximum atomic E-state index is 12.1. The predicted molar refractivity (Wildman–Crippen MR) is 97.6 cm³/mol. The minimum Gasteiger partial charge on any atom is -0.484 e. The second kappa shape index (κ2) is 8.33. The standard InChI is InChI=1S/C20H24N2O3/c1-13(2)16-6-8-17(9-7-16)25-12-19(23)21-22-20(24)18-10-5-14(3)11-15(18)4/h5-11,13H,12H2,1-4H3,(H,21,23)(H,22,24). The Kier molecular flexibility index (Phi) is 6.17. The number of hydrogen-bond acceptors (Lipinski definition) is 3. The van der Waals surface area contributed by atoms with Crippen molar-refractivity contribution in [1.82, 2.24) is 10.9 Å². The van der Waals surface area contributed by atoms with Gasteiger partial charge in [-0.2, -0.15) is 0 Å². The molecule has 0 unspecified atom stereocenters. The minimum atomic E-state index is -0.425. The molecule has 2 aromatic carbocycles. The van der Waals surface area contributed by atoms with E-state index in [1.54, 1.807) is 6.07 Å². The molecular formula is C20H24N2O3. The van der Waals surface area contributed by atoms with Crippen LogP contribution in [0.4, 0.5) is 0 Å². The van der Waals surface area contributed by atoms with E-state index in [1.807, 2.05) is 50.2 Å². The van der Waals surface area contributed by atoms with Gasteiger partial charge in [-0.25, -0.2) is 0 Å². The molecule has 25 heavy (non-hydrogen) atoms. The molecule has 0 aliphatic heterocycles. The molecule has 2 aromatic rings. The predicted octanol–water partition coefficient (Wildman–Crippen LogP) is 3.27. The van der Waals surface area contributed by atoms with Crippen molar-refractivity contribution in [3.63, 3.8) is 0 Å². The van der Waals surface area contributed by atoms with Crippen LogP contribution in [0.3, 0.4) is 0 Å². The van der Waals surface area contributed by atoms with Gasteiger partial charge in [-0.1, -0.05) is 43.7 Å². The highest BCUT2D eigenvalue weighted by molar-refractivity contribution is 5.96. The number of hydrazine groups is 1. The number of benzene rings is 2. The first-order valence-corrected chi connectivity index (χ1v) is 8.26. The molecule has 0 spiro atoms. The lowest BCUT2D eigenvalue weighted by atomic mass is 10.0. The Morgan fingerprint density at radius 1 is 1.00 bits per heavy atom. The zero-order chi connectivity index (χ0) is 18.4. The quantitative estimate of drug-likeness (QED) is 0.821. The summed E-state index contributed by atoms with van der Waals surface area (Å²) < 4.78 is 5.42. The summed E-state index contributed by atoms with van der Waals surface area (Å²) in [6.07, 6.45) is 0. The van der Waals surface area contributed by atoms with E-state index in [9.17, 15) is 9.59 Å². The molecule has 0 heterocycles. The Morgan fingerprint density at radius 2 is 1.68 bits per heavy atom. The highest BCUT2D eigenvalue weighted by Crippen LogP contribution is 2.18. The van der Waals surface area contributed by atoms with Crippen molar-refractivity contribution >= 4 is 11.8 Å². The van der Waals surface area contributed by atoms with Gasteiger partial charge in [0.25, 0.3) is 11.8 Å². The highest BCUT2D eigenvalue weighted by Gasteiger charge is 2.10. The van der Waals surface area contributed by atoms with Crippen molar-refractivity contribution in [2.24, 2.45) is 0 Å². The number of carbonyl (C=O) groups excluding carboxylic acids is 2. The van der Waals surface area contributed by atoms with Crippen LogP contribution in [0.25, 0.3) is 0 Å². The molecule has 0 bridgehead atoms. The van der Waals surface area contributed by atoms with Crippen molar-refractivity contribution in [2.45, 2.75) is 33.6 Å². The summed E-state index contributed by atoms with van der Waals surface area (Å²) in [5, 5.41) is 0. The molecule has 0 atom stereocenters. The average Bonchev–Trinajstić information content (AvgIpc) is 2.58. The number of ether oxygens (including phenoxy) is 1. The number of hydrogen-bond donors (Lipinski definition) is 2. The third-order valence-corrected chi connectivity index (χ3v) is 3.86. The first-order chi connectivity index (χ1) is 11.9. The zero-order valence-electron chi connectivity index (χ0n) is 15.1. The molecule has 0 aliphatic rings. The van der Waals surface area contributed by atoms with Crippen molar-refractivity contribution in [3.05, 3.63) is 64.7 Å². The number of nitrogens with one attached hydrogen (secondary N) is 2. The smallest absolute Gasteiger partial charge is 0.276 e. The van der Waals surface area contributed by atoms with Crippen LogP contribution in [0, 0.1) is 13.8 Å². The first-order valence-electron chi connectivity index (χ1n) is 8.26. The van der Waals surface area contributed by atoms with Crippen LogP contribution in [0.2, 0.25) is 0 Å². The minimum absolute atomic E-state index is 0.172. The third-order valence-electron chi connectivity index (χ3n) is 3.86. The van der Waals surface area contributed by atoms with Crippen LogP contribution >= 0.6 is 0 Å². The zero-order valence-corrected chi connectivity index (χ0v) is 15.1. The molecule has 2 rings (SSSR count). The average molecular weight is 340 g/mol. The molecule has 0 saturated carbocycles. The van der Waals surface area contributed by atoms with Crippen LogP contribution in [0.15, 0.2) is 42.5 Å². The fourth-order valence-corrected chi connectivity index (χ4v) is 2.40. The van der Waals surface area contributed by atoms with Crippen LogP contribution in [0.1, 0.15) is 46.8 Å². The van der Waals surface area contributed by atoms with E-state index < -0.39 is 5.91 Å². The molecule has 0 fully saturated rings. The van der Waals surface area contributed by atoms with E-state index in [-0.39, 0.29) is 12.5 Å². The summed E-state index contributed by atoms with van der Waals surface area (Å²) >= 11 is 0. The summed E-state index contributed by atoms with van der Waals surface area (Å²) in [5.74, 6) is 0.274. The summed E-state index contributed by atoms with van der Waals surface area (Å²) in [4.78, 5) is 23.9.